The van der Waals surface area contributed by atoms with Crippen LogP contribution >= 0.6 is 0 Å². The van der Waals surface area contributed by atoms with Crippen LogP contribution in [0.25, 0.3) is 10.8 Å². The molecule has 0 aliphatic heterocycles. The zero-order valence-corrected chi connectivity index (χ0v) is 11.8. The third kappa shape index (κ3) is 2.46. The summed E-state index contributed by atoms with van der Waals surface area (Å²) in [5, 5.41) is 2.66. The van der Waals surface area contributed by atoms with Crippen molar-refractivity contribution in [3.63, 3.8) is 0 Å². The van der Waals surface area contributed by atoms with Gasteiger partial charge in [0.1, 0.15) is 0 Å². The summed E-state index contributed by atoms with van der Waals surface area (Å²) in [6, 6.07) is 26.0. The summed E-state index contributed by atoms with van der Waals surface area (Å²) in [6.07, 6.45) is 2.27. The lowest BCUT2D eigenvalue weighted by atomic mass is 9.85. The normalized spacial score (nSPS) is 11.1. The molecule has 0 saturated heterocycles. The number of hydrogen-bond donors (Lipinski definition) is 0. The molecule has 3 rings (SSSR count). The fourth-order valence-corrected chi connectivity index (χ4v) is 2.81. The van der Waals surface area contributed by atoms with Gasteiger partial charge in [-0.15, -0.1) is 0 Å². The summed E-state index contributed by atoms with van der Waals surface area (Å²) in [7, 11) is 0. The van der Waals surface area contributed by atoms with Gasteiger partial charge in [0.15, 0.2) is 0 Å². The van der Waals surface area contributed by atoms with Crippen molar-refractivity contribution in [2.45, 2.75) is 19.8 Å². The molecule has 0 nitrogen and oxygen atoms in total. The van der Waals surface area contributed by atoms with E-state index in [2.05, 4.69) is 79.7 Å². The summed E-state index contributed by atoms with van der Waals surface area (Å²) >= 11 is 0. The van der Waals surface area contributed by atoms with E-state index in [1.165, 1.54) is 27.8 Å². The lowest BCUT2D eigenvalue weighted by Gasteiger charge is -2.18. The van der Waals surface area contributed by atoms with Crippen molar-refractivity contribution in [2.24, 2.45) is 0 Å². The van der Waals surface area contributed by atoms with Crippen LogP contribution in [-0.4, -0.2) is 0 Å². The molecule has 0 aromatic heterocycles. The highest BCUT2D eigenvalue weighted by Crippen LogP contribution is 2.33. The van der Waals surface area contributed by atoms with Crippen molar-refractivity contribution in [1.82, 2.24) is 0 Å². The zero-order chi connectivity index (χ0) is 13.8. The second-order valence-electron chi connectivity index (χ2n) is 5.12. The molecule has 0 aliphatic carbocycles. The minimum atomic E-state index is 1.11. The Bertz CT molecular complexity index is 677. The van der Waals surface area contributed by atoms with Crippen molar-refractivity contribution in [3.8, 4) is 0 Å². The Labute approximate surface area is 121 Å². The van der Waals surface area contributed by atoms with Gasteiger partial charge in [-0.05, 0) is 28.3 Å². The van der Waals surface area contributed by atoms with Crippen molar-refractivity contribution in [1.29, 1.82) is 0 Å². The van der Waals surface area contributed by atoms with E-state index in [-0.39, 0.29) is 0 Å². The maximum absolute atomic E-state index is 2.25. The molecule has 0 spiro atoms. The molecule has 0 aliphatic rings. The topological polar surface area (TPSA) is 0 Å². The van der Waals surface area contributed by atoms with E-state index in [4.69, 9.17) is 0 Å². The van der Waals surface area contributed by atoms with Gasteiger partial charge in [-0.2, -0.15) is 0 Å². The van der Waals surface area contributed by atoms with E-state index >= 15 is 0 Å². The minimum absolute atomic E-state index is 1.11. The quantitative estimate of drug-likeness (QED) is 0.571. The van der Waals surface area contributed by atoms with Gasteiger partial charge in [0.25, 0.3) is 0 Å². The van der Waals surface area contributed by atoms with E-state index in [0.29, 0.717) is 0 Å². The summed E-state index contributed by atoms with van der Waals surface area (Å²) in [5.41, 5.74) is 2.71. The van der Waals surface area contributed by atoms with Crippen LogP contribution in [0.15, 0.2) is 72.8 Å². The fraction of sp³-hybridized carbons (Fsp3) is 0.150. The Morgan fingerprint density at radius 1 is 0.750 bits per heavy atom. The first kappa shape index (κ1) is 12.9. The second kappa shape index (κ2) is 5.92. The van der Waals surface area contributed by atoms with Crippen LogP contribution in [0, 0.1) is 5.92 Å². The summed E-state index contributed by atoms with van der Waals surface area (Å²) < 4.78 is 0. The molecule has 3 aromatic rings. The molecular weight excluding hydrogens is 240 g/mol. The molecule has 0 saturated carbocycles. The highest BCUT2D eigenvalue weighted by atomic mass is 14.2. The molecule has 0 heteroatoms. The molecule has 0 amide bonds. The summed E-state index contributed by atoms with van der Waals surface area (Å²) in [6.45, 7) is 2.24. The highest BCUT2D eigenvalue weighted by Gasteiger charge is 2.16. The van der Waals surface area contributed by atoms with E-state index in [0.717, 1.165) is 12.8 Å². The van der Waals surface area contributed by atoms with Crippen LogP contribution in [0.2, 0.25) is 0 Å². The molecule has 3 aromatic carbocycles. The molecule has 1 radical (unpaired) electrons. The molecule has 0 bridgehead atoms. The number of rotatable bonds is 4. The number of fused-ring (bicyclic) bond motifs is 1. The van der Waals surface area contributed by atoms with E-state index in [1.54, 1.807) is 0 Å². The average Bonchev–Trinajstić information content (AvgIpc) is 2.53. The van der Waals surface area contributed by atoms with Crippen LogP contribution in [0.4, 0.5) is 0 Å². The third-order valence-corrected chi connectivity index (χ3v) is 3.74. The van der Waals surface area contributed by atoms with E-state index < -0.39 is 0 Å². The number of hydrogen-bond acceptors (Lipinski definition) is 0. The maximum Gasteiger partial charge on any atom is 0.0346 e. The summed E-state index contributed by atoms with van der Waals surface area (Å²) in [4.78, 5) is 0. The van der Waals surface area contributed by atoms with Gasteiger partial charge in [-0.3, -0.25) is 0 Å². The molecule has 0 unspecified atom stereocenters. The van der Waals surface area contributed by atoms with E-state index in [9.17, 15) is 0 Å². The molecule has 0 fully saturated rings. The molecule has 0 atom stereocenters. The summed E-state index contributed by atoms with van der Waals surface area (Å²) in [5.74, 6) is 1.45. The molecular formula is C20H19. The van der Waals surface area contributed by atoms with Crippen LogP contribution in [0.1, 0.15) is 30.9 Å². The van der Waals surface area contributed by atoms with Crippen molar-refractivity contribution in [2.75, 3.05) is 0 Å². The molecule has 20 heavy (non-hydrogen) atoms. The molecule has 99 valence electrons. The first-order valence-corrected chi connectivity index (χ1v) is 7.29. The Kier molecular flexibility index (Phi) is 3.83. The lowest BCUT2D eigenvalue weighted by Crippen LogP contribution is -2.02. The van der Waals surface area contributed by atoms with Gasteiger partial charge < -0.3 is 0 Å². The Morgan fingerprint density at radius 3 is 2.25 bits per heavy atom. The monoisotopic (exact) mass is 259 g/mol. The van der Waals surface area contributed by atoms with Crippen LogP contribution in [0.3, 0.4) is 0 Å². The zero-order valence-electron chi connectivity index (χ0n) is 11.8. The van der Waals surface area contributed by atoms with Crippen LogP contribution < -0.4 is 0 Å². The average molecular weight is 259 g/mol. The van der Waals surface area contributed by atoms with E-state index in [1.807, 2.05) is 0 Å². The lowest BCUT2D eigenvalue weighted by molar-refractivity contribution is 0.851. The van der Waals surface area contributed by atoms with Crippen molar-refractivity contribution >= 4 is 10.8 Å². The van der Waals surface area contributed by atoms with Crippen molar-refractivity contribution < 1.29 is 0 Å². The first-order chi connectivity index (χ1) is 9.90. The molecule has 0 heterocycles. The van der Waals surface area contributed by atoms with Gasteiger partial charge >= 0.3 is 0 Å². The Morgan fingerprint density at radius 2 is 1.45 bits per heavy atom. The smallest absolute Gasteiger partial charge is 0.0346 e. The molecule has 0 N–H and O–H groups in total. The predicted molar refractivity (Wildman–Crippen MR) is 86.7 cm³/mol. The van der Waals surface area contributed by atoms with Gasteiger partial charge in [-0.1, -0.05) is 86.1 Å². The minimum Gasteiger partial charge on any atom is -0.0653 e. The highest BCUT2D eigenvalue weighted by molar-refractivity contribution is 5.88. The largest absolute Gasteiger partial charge is 0.0653 e. The standard InChI is InChI=1S/C20H19/c1-2-9-18(16-10-4-3-5-11-16)20-15-8-13-17-12-6-7-14-19(17)20/h3-8,10-15H,2,9H2,1H3. The van der Waals surface area contributed by atoms with Crippen molar-refractivity contribution in [3.05, 3.63) is 89.8 Å². The van der Waals surface area contributed by atoms with Gasteiger partial charge in [0.2, 0.25) is 0 Å². The van der Waals surface area contributed by atoms with Gasteiger partial charge in [0.05, 0.1) is 0 Å². The number of benzene rings is 3. The first-order valence-electron chi connectivity index (χ1n) is 7.29. The second-order valence-corrected chi connectivity index (χ2v) is 5.12. The van der Waals surface area contributed by atoms with Gasteiger partial charge in [-0.25, -0.2) is 0 Å². The van der Waals surface area contributed by atoms with Crippen LogP contribution in [0.5, 0.6) is 0 Å². The third-order valence-electron chi connectivity index (χ3n) is 3.74. The SMILES string of the molecule is CCC[C](c1ccccc1)c1cccc2ccccc12. The fourth-order valence-electron chi connectivity index (χ4n) is 2.81. The predicted octanol–water partition coefficient (Wildman–Crippen LogP) is 5.61. The maximum atomic E-state index is 2.25. The Balaban J connectivity index is 2.15. The Hall–Kier alpha value is -2.08. The van der Waals surface area contributed by atoms with Crippen LogP contribution in [-0.2, 0) is 0 Å². The van der Waals surface area contributed by atoms with Gasteiger partial charge in [0, 0.05) is 5.92 Å².